The van der Waals surface area contributed by atoms with Crippen LogP contribution < -0.4 is 5.73 Å². The minimum atomic E-state index is 0.00743. The highest BCUT2D eigenvalue weighted by Crippen LogP contribution is 2.35. The fraction of sp³-hybridized carbons (Fsp3) is 0.364. The lowest BCUT2D eigenvalue weighted by Gasteiger charge is -2.32. The number of carbonyl (C=O) groups is 1. The average molecular weight is 380 g/mol. The van der Waals surface area contributed by atoms with Gasteiger partial charge in [-0.2, -0.15) is 5.10 Å². The smallest absolute Gasteiger partial charge is 0.245 e. The normalized spacial score (nSPS) is 17.6. The van der Waals surface area contributed by atoms with E-state index in [-0.39, 0.29) is 5.91 Å². The van der Waals surface area contributed by atoms with Gasteiger partial charge in [-0.05, 0) is 48.6 Å². The molecule has 2 heterocycles. The molecule has 0 unspecified atom stereocenters. The van der Waals surface area contributed by atoms with Crippen molar-refractivity contribution in [3.8, 4) is 0 Å². The number of hydrazone groups is 1. The van der Waals surface area contributed by atoms with Gasteiger partial charge in [-0.1, -0.05) is 18.7 Å². The zero-order valence-electron chi connectivity index (χ0n) is 16.7. The second-order valence-electron chi connectivity index (χ2n) is 7.34. The van der Waals surface area contributed by atoms with Crippen LogP contribution in [0.15, 0.2) is 42.2 Å². The summed E-state index contributed by atoms with van der Waals surface area (Å²) in [6, 6.07) is 6.45. The number of nitrogens with one attached hydrogen (secondary N) is 1. The number of carbonyl (C=O) groups excluding carboxylic acids is 1. The van der Waals surface area contributed by atoms with Crippen LogP contribution in [-0.4, -0.2) is 47.7 Å². The molecule has 1 aromatic carbocycles. The summed E-state index contributed by atoms with van der Waals surface area (Å²) in [7, 11) is 1.85. The quantitative estimate of drug-likeness (QED) is 0.459. The van der Waals surface area contributed by atoms with Crippen LogP contribution in [0.5, 0.6) is 0 Å². The standard InChI is InChI=1S/C22H29N5O/c1-5-21(28)27-10-6-7-17(14-27)18-9-8-16(12-23)22-19(18)11-20(25-22)15(2)13-26(4)24-3/h5,8-9,11,13,17,25H,1,3,6-7,10,12,14,23H2,2,4H3/b15-13+/t17-/m0/s1. The highest BCUT2D eigenvalue weighted by molar-refractivity contribution is 5.91. The van der Waals surface area contributed by atoms with Crippen LogP contribution >= 0.6 is 0 Å². The van der Waals surface area contributed by atoms with Crippen molar-refractivity contribution < 1.29 is 4.79 Å². The van der Waals surface area contributed by atoms with Crippen molar-refractivity contribution in [3.05, 3.63) is 53.9 Å². The van der Waals surface area contributed by atoms with Crippen molar-refractivity contribution in [3.63, 3.8) is 0 Å². The van der Waals surface area contributed by atoms with E-state index in [9.17, 15) is 4.79 Å². The first-order valence-electron chi connectivity index (χ1n) is 9.62. The maximum Gasteiger partial charge on any atom is 0.245 e. The van der Waals surface area contributed by atoms with Gasteiger partial charge in [0.15, 0.2) is 0 Å². The monoisotopic (exact) mass is 379 g/mol. The van der Waals surface area contributed by atoms with Crippen LogP contribution in [-0.2, 0) is 11.3 Å². The summed E-state index contributed by atoms with van der Waals surface area (Å²) in [6.07, 6.45) is 5.40. The number of piperidine rings is 1. The summed E-state index contributed by atoms with van der Waals surface area (Å²) in [4.78, 5) is 17.5. The minimum Gasteiger partial charge on any atom is -0.354 e. The average Bonchev–Trinajstić information content (AvgIpc) is 3.18. The van der Waals surface area contributed by atoms with E-state index in [1.165, 1.54) is 17.0 Å². The lowest BCUT2D eigenvalue weighted by molar-refractivity contribution is -0.127. The molecule has 3 N–H and O–H groups in total. The van der Waals surface area contributed by atoms with Gasteiger partial charge in [-0.15, -0.1) is 0 Å². The van der Waals surface area contributed by atoms with E-state index in [1.54, 1.807) is 5.01 Å². The molecule has 1 fully saturated rings. The van der Waals surface area contributed by atoms with Crippen LogP contribution in [0.1, 0.15) is 42.5 Å². The molecular weight excluding hydrogens is 350 g/mol. The van der Waals surface area contributed by atoms with Gasteiger partial charge in [0.05, 0.1) is 5.52 Å². The largest absolute Gasteiger partial charge is 0.354 e. The Morgan fingerprint density at radius 1 is 1.50 bits per heavy atom. The fourth-order valence-electron chi connectivity index (χ4n) is 3.99. The summed E-state index contributed by atoms with van der Waals surface area (Å²) in [5.41, 5.74) is 11.5. The Morgan fingerprint density at radius 2 is 2.29 bits per heavy atom. The van der Waals surface area contributed by atoms with Crippen molar-refractivity contribution in [1.82, 2.24) is 14.9 Å². The van der Waals surface area contributed by atoms with Crippen molar-refractivity contribution in [2.75, 3.05) is 20.1 Å². The van der Waals surface area contributed by atoms with Gasteiger partial charge in [-0.3, -0.25) is 9.80 Å². The molecule has 0 aliphatic carbocycles. The lowest BCUT2D eigenvalue weighted by Crippen LogP contribution is -2.38. The fourth-order valence-corrected chi connectivity index (χ4v) is 3.99. The zero-order chi connectivity index (χ0) is 20.3. The minimum absolute atomic E-state index is 0.00743. The number of allylic oxidation sites excluding steroid dienone is 1. The van der Waals surface area contributed by atoms with E-state index >= 15 is 0 Å². The van der Waals surface area contributed by atoms with Crippen molar-refractivity contribution >= 4 is 29.1 Å². The first kappa shape index (κ1) is 19.9. The molecule has 1 aromatic heterocycles. The van der Waals surface area contributed by atoms with Gasteiger partial charge in [0.2, 0.25) is 5.91 Å². The number of nitrogens with two attached hydrogens (primary N) is 1. The third-order valence-electron chi connectivity index (χ3n) is 5.51. The third-order valence-corrected chi connectivity index (χ3v) is 5.51. The second kappa shape index (κ2) is 8.44. The van der Waals surface area contributed by atoms with E-state index in [0.717, 1.165) is 48.3 Å². The number of fused-ring (bicyclic) bond motifs is 1. The maximum atomic E-state index is 12.1. The number of hydrogen-bond donors (Lipinski definition) is 2. The Balaban J connectivity index is 2.04. The molecule has 28 heavy (non-hydrogen) atoms. The highest BCUT2D eigenvalue weighted by atomic mass is 16.2. The van der Waals surface area contributed by atoms with Gasteiger partial charge < -0.3 is 15.6 Å². The molecule has 2 aromatic rings. The maximum absolute atomic E-state index is 12.1. The van der Waals surface area contributed by atoms with Gasteiger partial charge in [0.1, 0.15) is 0 Å². The molecule has 148 valence electrons. The topological polar surface area (TPSA) is 77.7 Å². The molecule has 1 saturated heterocycles. The van der Waals surface area contributed by atoms with E-state index in [0.29, 0.717) is 12.5 Å². The SMILES string of the molecule is C=CC(=O)N1CCC[C@H](c2ccc(CN)c3[nH]c(/C(C)=C/N(C)N=C)cc23)C1. The first-order valence-corrected chi connectivity index (χ1v) is 9.62. The number of nitrogens with zero attached hydrogens (tertiary/aromatic N) is 3. The first-order chi connectivity index (χ1) is 13.5. The molecule has 6 heteroatoms. The molecule has 1 atom stereocenters. The number of likely N-dealkylation sites (tertiary alicyclic amines) is 1. The molecule has 1 amide bonds. The Hall–Kier alpha value is -2.86. The molecule has 1 aliphatic heterocycles. The summed E-state index contributed by atoms with van der Waals surface area (Å²) in [6.45, 7) is 11.2. The van der Waals surface area contributed by atoms with Crippen LogP contribution in [0.3, 0.4) is 0 Å². The third kappa shape index (κ3) is 3.87. The van der Waals surface area contributed by atoms with E-state index in [2.05, 4.69) is 41.6 Å². The Kier molecular flexibility index (Phi) is 5.99. The van der Waals surface area contributed by atoms with Crippen LogP contribution in [0.25, 0.3) is 16.5 Å². The Bertz CT molecular complexity index is 926. The molecule has 1 aliphatic rings. The molecule has 0 bridgehead atoms. The molecule has 6 nitrogen and oxygen atoms in total. The van der Waals surface area contributed by atoms with Crippen molar-refractivity contribution in [1.29, 1.82) is 0 Å². The number of H-pyrrole nitrogens is 1. The van der Waals surface area contributed by atoms with Crippen LogP contribution in [0.4, 0.5) is 0 Å². The summed E-state index contributed by atoms with van der Waals surface area (Å²) >= 11 is 0. The van der Waals surface area contributed by atoms with E-state index in [1.807, 2.05) is 25.1 Å². The van der Waals surface area contributed by atoms with E-state index in [4.69, 9.17) is 5.73 Å². The lowest BCUT2D eigenvalue weighted by atomic mass is 9.87. The number of aromatic amines is 1. The summed E-state index contributed by atoms with van der Waals surface area (Å²) < 4.78 is 0. The molecule has 0 spiro atoms. The van der Waals surface area contributed by atoms with Crippen LogP contribution in [0.2, 0.25) is 0 Å². The number of hydrogen-bond acceptors (Lipinski definition) is 4. The second-order valence-corrected chi connectivity index (χ2v) is 7.34. The molecular formula is C22H29N5O. The van der Waals surface area contributed by atoms with E-state index < -0.39 is 0 Å². The van der Waals surface area contributed by atoms with Gasteiger partial charge in [0.25, 0.3) is 0 Å². The molecule has 0 radical (unpaired) electrons. The zero-order valence-corrected chi connectivity index (χ0v) is 16.7. The number of amides is 1. The van der Waals surface area contributed by atoms with Gasteiger partial charge in [0, 0.05) is 56.6 Å². The summed E-state index contributed by atoms with van der Waals surface area (Å²) in [5.74, 6) is 0.311. The highest BCUT2D eigenvalue weighted by Gasteiger charge is 2.25. The number of benzene rings is 1. The predicted octanol–water partition coefficient (Wildman–Crippen LogP) is 3.43. The van der Waals surface area contributed by atoms with Crippen molar-refractivity contribution in [2.45, 2.75) is 32.2 Å². The van der Waals surface area contributed by atoms with Gasteiger partial charge in [-0.25, -0.2) is 0 Å². The summed E-state index contributed by atoms with van der Waals surface area (Å²) in [5, 5.41) is 6.76. The van der Waals surface area contributed by atoms with Crippen LogP contribution in [0, 0.1) is 0 Å². The Morgan fingerprint density at radius 3 is 2.96 bits per heavy atom. The predicted molar refractivity (Wildman–Crippen MR) is 116 cm³/mol. The Labute approximate surface area is 166 Å². The van der Waals surface area contributed by atoms with Crippen molar-refractivity contribution in [2.24, 2.45) is 10.8 Å². The van der Waals surface area contributed by atoms with Gasteiger partial charge >= 0.3 is 0 Å². The number of rotatable bonds is 6. The molecule has 0 saturated carbocycles. The number of aromatic nitrogens is 1. The molecule has 3 rings (SSSR count).